The van der Waals surface area contributed by atoms with Gasteiger partial charge >= 0.3 is 0 Å². The highest BCUT2D eigenvalue weighted by Gasteiger charge is 2.18. The standard InChI is InChI=1S/C18H27N3O3/c1-14-13-21(8-10-23-14)17-6-4-15(11-19-17)12-20-18(22)7-5-16-3-2-9-24-16/h4,6,11,14,16H,2-3,5,7-10,12-13H2,1H3,(H,20,22). The second kappa shape index (κ2) is 8.44. The fourth-order valence-electron chi connectivity index (χ4n) is 3.19. The van der Waals surface area contributed by atoms with Gasteiger partial charge in [-0.2, -0.15) is 0 Å². The van der Waals surface area contributed by atoms with E-state index in [1.807, 2.05) is 18.3 Å². The summed E-state index contributed by atoms with van der Waals surface area (Å²) >= 11 is 0. The lowest BCUT2D eigenvalue weighted by Crippen LogP contribution is -2.41. The van der Waals surface area contributed by atoms with Crippen molar-refractivity contribution in [2.24, 2.45) is 0 Å². The molecule has 6 heteroatoms. The fraction of sp³-hybridized carbons (Fsp3) is 0.667. The van der Waals surface area contributed by atoms with Crippen molar-refractivity contribution in [2.45, 2.75) is 51.4 Å². The zero-order valence-electron chi connectivity index (χ0n) is 14.4. The lowest BCUT2D eigenvalue weighted by Gasteiger charge is -2.32. The Morgan fingerprint density at radius 3 is 3.00 bits per heavy atom. The number of morpholine rings is 1. The highest BCUT2D eigenvalue weighted by molar-refractivity contribution is 5.75. The van der Waals surface area contributed by atoms with Crippen molar-refractivity contribution in [2.75, 3.05) is 31.2 Å². The van der Waals surface area contributed by atoms with E-state index in [0.29, 0.717) is 13.0 Å². The summed E-state index contributed by atoms with van der Waals surface area (Å²) in [6.45, 7) is 5.92. The summed E-state index contributed by atoms with van der Waals surface area (Å²) in [5, 5.41) is 2.96. The molecule has 1 amide bonds. The first-order valence-electron chi connectivity index (χ1n) is 8.90. The predicted octanol–water partition coefficient (Wildman–Crippen LogP) is 1.88. The van der Waals surface area contributed by atoms with Gasteiger partial charge < -0.3 is 19.7 Å². The monoisotopic (exact) mass is 333 g/mol. The summed E-state index contributed by atoms with van der Waals surface area (Å²) in [5.74, 6) is 1.05. The van der Waals surface area contributed by atoms with Crippen molar-refractivity contribution in [3.63, 3.8) is 0 Å². The minimum atomic E-state index is 0.0802. The van der Waals surface area contributed by atoms with Gasteiger partial charge in [-0.05, 0) is 37.8 Å². The van der Waals surface area contributed by atoms with Gasteiger partial charge in [0.25, 0.3) is 0 Å². The van der Waals surface area contributed by atoms with Crippen molar-refractivity contribution in [3.8, 4) is 0 Å². The van der Waals surface area contributed by atoms with Crippen molar-refractivity contribution >= 4 is 11.7 Å². The maximum Gasteiger partial charge on any atom is 0.220 e. The zero-order chi connectivity index (χ0) is 16.8. The van der Waals surface area contributed by atoms with E-state index in [-0.39, 0.29) is 18.1 Å². The number of anilines is 1. The third-order valence-corrected chi connectivity index (χ3v) is 4.58. The van der Waals surface area contributed by atoms with Gasteiger partial charge in [-0.1, -0.05) is 6.07 Å². The van der Waals surface area contributed by atoms with Crippen LogP contribution in [-0.2, 0) is 20.8 Å². The Bertz CT molecular complexity index is 529. The number of hydrogen-bond donors (Lipinski definition) is 1. The molecule has 0 aliphatic carbocycles. The maximum atomic E-state index is 11.9. The van der Waals surface area contributed by atoms with Crippen LogP contribution in [0.4, 0.5) is 5.82 Å². The molecule has 2 unspecified atom stereocenters. The van der Waals surface area contributed by atoms with E-state index in [2.05, 4.69) is 22.1 Å². The molecule has 0 radical (unpaired) electrons. The smallest absolute Gasteiger partial charge is 0.220 e. The number of nitrogens with zero attached hydrogens (tertiary/aromatic N) is 2. The molecule has 0 aromatic carbocycles. The lowest BCUT2D eigenvalue weighted by atomic mass is 10.1. The minimum Gasteiger partial charge on any atom is -0.378 e. The zero-order valence-corrected chi connectivity index (χ0v) is 14.4. The number of ether oxygens (including phenoxy) is 2. The molecular formula is C18H27N3O3. The second-order valence-electron chi connectivity index (χ2n) is 6.60. The normalized spacial score (nSPS) is 24.1. The van der Waals surface area contributed by atoms with Crippen LogP contribution in [0.1, 0.15) is 38.2 Å². The summed E-state index contributed by atoms with van der Waals surface area (Å²) in [5.41, 5.74) is 1.02. The van der Waals surface area contributed by atoms with E-state index in [1.54, 1.807) is 0 Å². The number of carbonyl (C=O) groups excluding carboxylic acids is 1. The van der Waals surface area contributed by atoms with Gasteiger partial charge in [0.2, 0.25) is 5.91 Å². The molecule has 24 heavy (non-hydrogen) atoms. The number of carbonyl (C=O) groups is 1. The van der Waals surface area contributed by atoms with Gasteiger partial charge in [-0.3, -0.25) is 4.79 Å². The number of rotatable bonds is 6. The van der Waals surface area contributed by atoms with Crippen LogP contribution in [-0.4, -0.2) is 49.4 Å². The highest BCUT2D eigenvalue weighted by atomic mass is 16.5. The summed E-state index contributed by atoms with van der Waals surface area (Å²) < 4.78 is 11.1. The van der Waals surface area contributed by atoms with E-state index in [1.165, 1.54) is 0 Å². The van der Waals surface area contributed by atoms with E-state index in [9.17, 15) is 4.79 Å². The second-order valence-corrected chi connectivity index (χ2v) is 6.60. The molecule has 2 aliphatic rings. The Kier molecular flexibility index (Phi) is 6.04. The van der Waals surface area contributed by atoms with Crippen molar-refractivity contribution < 1.29 is 14.3 Å². The molecule has 3 rings (SSSR count). The van der Waals surface area contributed by atoms with E-state index >= 15 is 0 Å². The van der Waals surface area contributed by atoms with Crippen molar-refractivity contribution in [1.82, 2.24) is 10.3 Å². The molecule has 2 saturated heterocycles. The van der Waals surface area contributed by atoms with Crippen LogP contribution in [0.2, 0.25) is 0 Å². The maximum absolute atomic E-state index is 11.9. The minimum absolute atomic E-state index is 0.0802. The Morgan fingerprint density at radius 1 is 1.38 bits per heavy atom. The molecular weight excluding hydrogens is 306 g/mol. The SMILES string of the molecule is CC1CN(c2ccc(CNC(=O)CCC3CCCO3)cn2)CCO1. The van der Waals surface area contributed by atoms with Crippen LogP contribution in [0.5, 0.6) is 0 Å². The van der Waals surface area contributed by atoms with Gasteiger partial charge in [-0.15, -0.1) is 0 Å². The van der Waals surface area contributed by atoms with Crippen LogP contribution < -0.4 is 10.2 Å². The first-order valence-corrected chi connectivity index (χ1v) is 8.90. The number of amides is 1. The Morgan fingerprint density at radius 2 is 2.29 bits per heavy atom. The topological polar surface area (TPSA) is 63.7 Å². The van der Waals surface area contributed by atoms with Gasteiger partial charge in [0.05, 0.1) is 18.8 Å². The number of nitrogens with one attached hydrogen (secondary N) is 1. The molecule has 2 aliphatic heterocycles. The summed E-state index contributed by atoms with van der Waals surface area (Å²) in [6, 6.07) is 4.05. The summed E-state index contributed by atoms with van der Waals surface area (Å²) in [7, 11) is 0. The van der Waals surface area contributed by atoms with Gasteiger partial charge in [0.15, 0.2) is 0 Å². The lowest BCUT2D eigenvalue weighted by molar-refractivity contribution is -0.121. The molecule has 2 fully saturated rings. The van der Waals surface area contributed by atoms with E-state index in [4.69, 9.17) is 9.47 Å². The Labute approximate surface area is 143 Å². The summed E-state index contributed by atoms with van der Waals surface area (Å²) in [6.07, 6.45) is 5.90. The average Bonchev–Trinajstić information content (AvgIpc) is 3.12. The van der Waals surface area contributed by atoms with Crippen LogP contribution in [0.3, 0.4) is 0 Å². The average molecular weight is 333 g/mol. The van der Waals surface area contributed by atoms with E-state index < -0.39 is 0 Å². The first-order chi connectivity index (χ1) is 11.7. The molecule has 0 bridgehead atoms. The van der Waals surface area contributed by atoms with Crippen molar-refractivity contribution in [3.05, 3.63) is 23.9 Å². The molecule has 0 saturated carbocycles. The fourth-order valence-corrected chi connectivity index (χ4v) is 3.19. The molecule has 132 valence electrons. The predicted molar refractivity (Wildman–Crippen MR) is 91.9 cm³/mol. The Balaban J connectivity index is 1.41. The van der Waals surface area contributed by atoms with Gasteiger partial charge in [0.1, 0.15) is 5.82 Å². The van der Waals surface area contributed by atoms with Crippen LogP contribution in [0.25, 0.3) is 0 Å². The molecule has 2 atom stereocenters. The first kappa shape index (κ1) is 17.2. The Hall–Kier alpha value is -1.66. The third kappa shape index (κ3) is 4.92. The van der Waals surface area contributed by atoms with E-state index in [0.717, 1.165) is 56.9 Å². The van der Waals surface area contributed by atoms with Crippen molar-refractivity contribution in [1.29, 1.82) is 0 Å². The molecule has 6 nitrogen and oxygen atoms in total. The quantitative estimate of drug-likeness (QED) is 0.861. The third-order valence-electron chi connectivity index (χ3n) is 4.58. The number of aromatic nitrogens is 1. The molecule has 3 heterocycles. The number of hydrogen-bond acceptors (Lipinski definition) is 5. The van der Waals surface area contributed by atoms with Crippen LogP contribution in [0, 0.1) is 0 Å². The molecule has 1 aromatic rings. The largest absolute Gasteiger partial charge is 0.378 e. The molecule has 1 aromatic heterocycles. The molecule has 1 N–H and O–H groups in total. The van der Waals surface area contributed by atoms with Gasteiger partial charge in [-0.25, -0.2) is 4.98 Å². The van der Waals surface area contributed by atoms with Crippen LogP contribution in [0.15, 0.2) is 18.3 Å². The molecule has 0 spiro atoms. The highest BCUT2D eigenvalue weighted by Crippen LogP contribution is 2.17. The summed E-state index contributed by atoms with van der Waals surface area (Å²) in [4.78, 5) is 18.7. The van der Waals surface area contributed by atoms with Crippen LogP contribution >= 0.6 is 0 Å². The number of pyridine rings is 1. The van der Waals surface area contributed by atoms with Gasteiger partial charge in [0, 0.05) is 38.9 Å².